The number of carbonyl (C=O) groups is 1. The molecule has 0 saturated carbocycles. The Bertz CT molecular complexity index is 226. The van der Waals surface area contributed by atoms with E-state index in [9.17, 15) is 4.79 Å². The van der Waals surface area contributed by atoms with Crippen molar-refractivity contribution in [2.45, 2.75) is 33.1 Å². The van der Waals surface area contributed by atoms with Crippen LogP contribution in [0, 0.1) is 0 Å². The normalized spacial score (nSPS) is 15.5. The average Bonchev–Trinajstić information content (AvgIpc) is 2.69. The van der Waals surface area contributed by atoms with Crippen molar-refractivity contribution in [1.82, 2.24) is 10.2 Å². The third kappa shape index (κ3) is 4.98. The van der Waals surface area contributed by atoms with Crippen molar-refractivity contribution in [2.24, 2.45) is 0 Å². The number of carbonyl (C=O) groups excluding carboxylic acids is 1. The maximum atomic E-state index is 11.6. The molecule has 0 aromatic rings. The molecule has 1 heterocycles. The lowest BCUT2D eigenvalue weighted by Gasteiger charge is -2.14. The van der Waals surface area contributed by atoms with E-state index in [1.807, 2.05) is 4.90 Å². The molecule has 0 bridgehead atoms. The van der Waals surface area contributed by atoms with Crippen molar-refractivity contribution < 1.29 is 4.79 Å². The summed E-state index contributed by atoms with van der Waals surface area (Å²) in [7, 11) is 0. The van der Waals surface area contributed by atoms with E-state index in [2.05, 4.69) is 25.2 Å². The van der Waals surface area contributed by atoms with Gasteiger partial charge in [-0.05, 0) is 26.7 Å². The average molecular weight is 210 g/mol. The Balaban J connectivity index is 2.04. The van der Waals surface area contributed by atoms with E-state index >= 15 is 0 Å². The lowest BCUT2D eigenvalue weighted by molar-refractivity contribution is -0.130. The van der Waals surface area contributed by atoms with Gasteiger partial charge in [0.15, 0.2) is 0 Å². The molecule has 1 amide bonds. The van der Waals surface area contributed by atoms with Crippen molar-refractivity contribution in [3.8, 4) is 0 Å². The number of hydrogen-bond acceptors (Lipinski definition) is 2. The maximum Gasteiger partial charge on any atom is 0.223 e. The minimum Gasteiger partial charge on any atom is -0.343 e. The predicted octanol–water partition coefficient (Wildman–Crippen LogP) is 1.55. The highest BCUT2D eigenvalue weighted by molar-refractivity contribution is 5.76. The molecule has 3 heteroatoms. The quantitative estimate of drug-likeness (QED) is 0.551. The van der Waals surface area contributed by atoms with E-state index in [4.69, 9.17) is 0 Å². The van der Waals surface area contributed by atoms with E-state index in [-0.39, 0.29) is 0 Å². The molecule has 1 rings (SSSR count). The standard InChI is InChI=1S/C12H22N2O/c1-11(2)5-7-13-8-6-12(15)14-9-3-4-10-14/h5,13H,3-4,6-10H2,1-2H3. The molecule has 1 aliphatic heterocycles. The largest absolute Gasteiger partial charge is 0.343 e. The van der Waals surface area contributed by atoms with Gasteiger partial charge in [-0.1, -0.05) is 11.6 Å². The SMILES string of the molecule is CC(C)=CCNCCC(=O)N1CCCC1. The topological polar surface area (TPSA) is 32.3 Å². The Labute approximate surface area is 92.5 Å². The van der Waals surface area contributed by atoms with E-state index in [1.165, 1.54) is 18.4 Å². The number of nitrogens with zero attached hydrogens (tertiary/aromatic N) is 1. The second-order valence-corrected chi connectivity index (χ2v) is 4.32. The minimum atomic E-state index is 0.303. The Morgan fingerprint density at radius 1 is 1.33 bits per heavy atom. The number of amides is 1. The summed E-state index contributed by atoms with van der Waals surface area (Å²) >= 11 is 0. The molecule has 1 saturated heterocycles. The minimum absolute atomic E-state index is 0.303. The molecular formula is C12H22N2O. The number of likely N-dealkylation sites (tertiary alicyclic amines) is 1. The number of rotatable bonds is 5. The van der Waals surface area contributed by atoms with Crippen molar-refractivity contribution in [2.75, 3.05) is 26.2 Å². The fourth-order valence-electron chi connectivity index (χ4n) is 1.70. The smallest absolute Gasteiger partial charge is 0.223 e. The molecule has 0 spiro atoms. The van der Waals surface area contributed by atoms with Gasteiger partial charge in [0.2, 0.25) is 5.91 Å². The van der Waals surface area contributed by atoms with Crippen LogP contribution >= 0.6 is 0 Å². The van der Waals surface area contributed by atoms with Crippen LogP contribution in [0.3, 0.4) is 0 Å². The summed E-state index contributed by atoms with van der Waals surface area (Å²) in [5.41, 5.74) is 1.31. The first-order valence-corrected chi connectivity index (χ1v) is 5.82. The van der Waals surface area contributed by atoms with Gasteiger partial charge in [-0.15, -0.1) is 0 Å². The van der Waals surface area contributed by atoms with Crippen LogP contribution in [-0.2, 0) is 4.79 Å². The first kappa shape index (κ1) is 12.2. The molecule has 15 heavy (non-hydrogen) atoms. The summed E-state index contributed by atoms with van der Waals surface area (Å²) in [4.78, 5) is 13.6. The summed E-state index contributed by atoms with van der Waals surface area (Å²) in [5, 5.41) is 3.25. The van der Waals surface area contributed by atoms with Crippen LogP contribution in [0.4, 0.5) is 0 Å². The van der Waals surface area contributed by atoms with Crippen molar-refractivity contribution in [3.05, 3.63) is 11.6 Å². The summed E-state index contributed by atoms with van der Waals surface area (Å²) in [6, 6.07) is 0. The molecule has 0 unspecified atom stereocenters. The molecule has 86 valence electrons. The van der Waals surface area contributed by atoms with E-state index in [0.717, 1.165) is 26.2 Å². The van der Waals surface area contributed by atoms with Gasteiger partial charge in [0, 0.05) is 32.6 Å². The summed E-state index contributed by atoms with van der Waals surface area (Å²) in [6.07, 6.45) is 5.13. The lowest BCUT2D eigenvalue weighted by atomic mass is 10.3. The third-order valence-corrected chi connectivity index (χ3v) is 2.63. The van der Waals surface area contributed by atoms with Gasteiger partial charge in [-0.2, -0.15) is 0 Å². The monoisotopic (exact) mass is 210 g/mol. The van der Waals surface area contributed by atoms with Crippen molar-refractivity contribution in [1.29, 1.82) is 0 Å². The molecule has 3 nitrogen and oxygen atoms in total. The molecule has 1 fully saturated rings. The van der Waals surface area contributed by atoms with Gasteiger partial charge in [-0.25, -0.2) is 0 Å². The Morgan fingerprint density at radius 3 is 2.60 bits per heavy atom. The van der Waals surface area contributed by atoms with Crippen LogP contribution < -0.4 is 5.32 Å². The van der Waals surface area contributed by atoms with E-state index in [0.29, 0.717) is 12.3 Å². The molecule has 0 aliphatic carbocycles. The zero-order valence-electron chi connectivity index (χ0n) is 9.88. The summed E-state index contributed by atoms with van der Waals surface area (Å²) < 4.78 is 0. The van der Waals surface area contributed by atoms with E-state index in [1.54, 1.807) is 0 Å². The number of allylic oxidation sites excluding steroid dienone is 1. The third-order valence-electron chi connectivity index (χ3n) is 2.63. The van der Waals surface area contributed by atoms with Crippen LogP contribution in [0.15, 0.2) is 11.6 Å². The molecule has 0 aromatic heterocycles. The summed E-state index contributed by atoms with van der Waals surface area (Å²) in [6.45, 7) is 7.75. The van der Waals surface area contributed by atoms with Crippen LogP contribution in [0.25, 0.3) is 0 Å². The molecule has 1 aliphatic rings. The Hall–Kier alpha value is -0.830. The van der Waals surface area contributed by atoms with E-state index < -0.39 is 0 Å². The zero-order chi connectivity index (χ0) is 11.1. The highest BCUT2D eigenvalue weighted by Gasteiger charge is 2.16. The fourth-order valence-corrected chi connectivity index (χ4v) is 1.70. The van der Waals surface area contributed by atoms with Crippen molar-refractivity contribution in [3.63, 3.8) is 0 Å². The molecule has 1 N–H and O–H groups in total. The highest BCUT2D eigenvalue weighted by Crippen LogP contribution is 2.08. The molecular weight excluding hydrogens is 188 g/mol. The van der Waals surface area contributed by atoms with Gasteiger partial charge < -0.3 is 10.2 Å². The first-order chi connectivity index (χ1) is 7.20. The first-order valence-electron chi connectivity index (χ1n) is 5.82. The van der Waals surface area contributed by atoms with Crippen LogP contribution in [0.2, 0.25) is 0 Å². The molecule has 0 atom stereocenters. The number of hydrogen-bond donors (Lipinski definition) is 1. The Morgan fingerprint density at radius 2 is 2.00 bits per heavy atom. The molecule has 0 radical (unpaired) electrons. The van der Waals surface area contributed by atoms with Gasteiger partial charge in [0.05, 0.1) is 0 Å². The zero-order valence-corrected chi connectivity index (χ0v) is 9.88. The summed E-state index contributed by atoms with van der Waals surface area (Å²) in [5.74, 6) is 0.303. The Kier molecular flexibility index (Phi) is 5.40. The fraction of sp³-hybridized carbons (Fsp3) is 0.750. The molecule has 0 aromatic carbocycles. The maximum absolute atomic E-state index is 11.6. The van der Waals surface area contributed by atoms with Gasteiger partial charge in [0.25, 0.3) is 0 Å². The predicted molar refractivity (Wildman–Crippen MR) is 62.7 cm³/mol. The van der Waals surface area contributed by atoms with Crippen LogP contribution in [-0.4, -0.2) is 37.0 Å². The number of nitrogens with one attached hydrogen (secondary N) is 1. The highest BCUT2D eigenvalue weighted by atomic mass is 16.2. The van der Waals surface area contributed by atoms with Crippen molar-refractivity contribution >= 4 is 5.91 Å². The van der Waals surface area contributed by atoms with Gasteiger partial charge in [-0.3, -0.25) is 4.79 Å². The second-order valence-electron chi connectivity index (χ2n) is 4.32. The van der Waals surface area contributed by atoms with Crippen LogP contribution in [0.5, 0.6) is 0 Å². The lowest BCUT2D eigenvalue weighted by Crippen LogP contribution is -2.30. The van der Waals surface area contributed by atoms with Gasteiger partial charge in [0.1, 0.15) is 0 Å². The van der Waals surface area contributed by atoms with Crippen LogP contribution in [0.1, 0.15) is 33.1 Å². The second kappa shape index (κ2) is 6.62. The van der Waals surface area contributed by atoms with Gasteiger partial charge >= 0.3 is 0 Å².